The van der Waals surface area contributed by atoms with Crippen molar-refractivity contribution in [1.29, 1.82) is 0 Å². The third-order valence-electron chi connectivity index (χ3n) is 5.10. The molecular weight excluding hydrogens is 357 g/mol. The molecule has 3 aromatic rings. The van der Waals surface area contributed by atoms with Crippen LogP contribution >= 0.6 is 0 Å². The molecule has 0 radical (unpaired) electrons. The van der Waals surface area contributed by atoms with Crippen molar-refractivity contribution in [3.63, 3.8) is 0 Å². The maximum Gasteiger partial charge on any atom is 0.271 e. The first kappa shape index (κ1) is 18.4. The standard InChI is InChI=1S/C21H24FN5O/c22-18-7-1-2-8-20(18)26-14-12-25(13-15-26)10-5-9-23-21(28)19-16-17-6-3-4-11-27(17)24-19/h1-4,6-8,11,16H,5,9-10,12-15H2,(H,23,28). The van der Waals surface area contributed by atoms with Crippen molar-refractivity contribution in [2.24, 2.45) is 0 Å². The molecule has 7 heteroatoms. The molecule has 1 amide bonds. The number of rotatable bonds is 6. The number of halogens is 1. The predicted molar refractivity (Wildman–Crippen MR) is 107 cm³/mol. The minimum absolute atomic E-state index is 0.145. The van der Waals surface area contributed by atoms with Crippen LogP contribution in [0.4, 0.5) is 10.1 Å². The number of pyridine rings is 1. The molecule has 0 unspecified atom stereocenters. The van der Waals surface area contributed by atoms with Crippen LogP contribution in [0.25, 0.3) is 5.52 Å². The zero-order valence-electron chi connectivity index (χ0n) is 15.7. The number of para-hydroxylation sites is 1. The van der Waals surface area contributed by atoms with Crippen LogP contribution in [0.15, 0.2) is 54.7 Å². The fourth-order valence-electron chi connectivity index (χ4n) is 3.56. The van der Waals surface area contributed by atoms with E-state index in [9.17, 15) is 9.18 Å². The minimum atomic E-state index is -0.161. The Morgan fingerprint density at radius 2 is 1.86 bits per heavy atom. The van der Waals surface area contributed by atoms with E-state index in [1.807, 2.05) is 36.5 Å². The van der Waals surface area contributed by atoms with E-state index in [1.165, 1.54) is 6.07 Å². The first-order chi connectivity index (χ1) is 13.7. The molecule has 0 spiro atoms. The van der Waals surface area contributed by atoms with Gasteiger partial charge in [-0.05, 0) is 43.3 Å². The number of hydrogen-bond donors (Lipinski definition) is 1. The van der Waals surface area contributed by atoms with Crippen molar-refractivity contribution in [2.45, 2.75) is 6.42 Å². The van der Waals surface area contributed by atoms with E-state index in [-0.39, 0.29) is 11.7 Å². The molecule has 1 aliphatic rings. The molecule has 28 heavy (non-hydrogen) atoms. The van der Waals surface area contributed by atoms with Crippen LogP contribution in [-0.4, -0.2) is 59.7 Å². The molecule has 1 aliphatic heterocycles. The number of fused-ring (bicyclic) bond motifs is 1. The lowest BCUT2D eigenvalue weighted by Gasteiger charge is -2.36. The van der Waals surface area contributed by atoms with Gasteiger partial charge in [-0.15, -0.1) is 0 Å². The van der Waals surface area contributed by atoms with Gasteiger partial charge in [0, 0.05) is 38.9 Å². The molecule has 4 rings (SSSR count). The van der Waals surface area contributed by atoms with Crippen LogP contribution < -0.4 is 10.2 Å². The van der Waals surface area contributed by atoms with Crippen molar-refractivity contribution in [3.05, 3.63) is 66.2 Å². The zero-order chi connectivity index (χ0) is 19.3. The lowest BCUT2D eigenvalue weighted by atomic mass is 10.2. The largest absolute Gasteiger partial charge is 0.367 e. The number of piperazine rings is 1. The summed E-state index contributed by atoms with van der Waals surface area (Å²) in [6.07, 6.45) is 2.70. The minimum Gasteiger partial charge on any atom is -0.367 e. The van der Waals surface area contributed by atoms with Gasteiger partial charge in [0.2, 0.25) is 0 Å². The normalized spacial score (nSPS) is 15.1. The van der Waals surface area contributed by atoms with Crippen molar-refractivity contribution >= 4 is 17.1 Å². The van der Waals surface area contributed by atoms with Crippen LogP contribution in [0.5, 0.6) is 0 Å². The predicted octanol–water partition coefficient (Wildman–Crippen LogP) is 2.42. The van der Waals surface area contributed by atoms with Crippen LogP contribution in [0.1, 0.15) is 16.9 Å². The summed E-state index contributed by atoms with van der Waals surface area (Å²) in [7, 11) is 0. The van der Waals surface area contributed by atoms with Gasteiger partial charge >= 0.3 is 0 Å². The molecule has 0 saturated carbocycles. The quantitative estimate of drug-likeness (QED) is 0.667. The van der Waals surface area contributed by atoms with E-state index in [0.29, 0.717) is 17.9 Å². The van der Waals surface area contributed by atoms with E-state index >= 15 is 0 Å². The smallest absolute Gasteiger partial charge is 0.271 e. The number of nitrogens with one attached hydrogen (secondary N) is 1. The summed E-state index contributed by atoms with van der Waals surface area (Å²) in [5.74, 6) is -0.307. The number of benzene rings is 1. The lowest BCUT2D eigenvalue weighted by Crippen LogP contribution is -2.47. The molecule has 1 fully saturated rings. The molecule has 146 valence electrons. The Balaban J connectivity index is 1.19. The second-order valence-corrected chi connectivity index (χ2v) is 6.99. The Morgan fingerprint density at radius 3 is 2.64 bits per heavy atom. The van der Waals surface area contributed by atoms with E-state index in [0.717, 1.165) is 44.7 Å². The third-order valence-corrected chi connectivity index (χ3v) is 5.10. The van der Waals surface area contributed by atoms with Crippen molar-refractivity contribution < 1.29 is 9.18 Å². The van der Waals surface area contributed by atoms with E-state index in [4.69, 9.17) is 0 Å². The maximum absolute atomic E-state index is 13.9. The number of aromatic nitrogens is 2. The lowest BCUT2D eigenvalue weighted by molar-refractivity contribution is 0.0946. The topological polar surface area (TPSA) is 52.9 Å². The molecule has 0 atom stereocenters. The van der Waals surface area contributed by atoms with E-state index < -0.39 is 0 Å². The molecule has 3 heterocycles. The number of hydrogen-bond acceptors (Lipinski definition) is 4. The summed E-state index contributed by atoms with van der Waals surface area (Å²) in [5.41, 5.74) is 2.02. The van der Waals surface area contributed by atoms with Gasteiger partial charge < -0.3 is 10.2 Å². The van der Waals surface area contributed by atoms with E-state index in [1.54, 1.807) is 16.6 Å². The van der Waals surface area contributed by atoms with Gasteiger partial charge in [-0.1, -0.05) is 18.2 Å². The maximum atomic E-state index is 13.9. The average molecular weight is 381 g/mol. The number of nitrogens with zero attached hydrogens (tertiary/aromatic N) is 4. The first-order valence-electron chi connectivity index (χ1n) is 9.65. The van der Waals surface area contributed by atoms with Crippen molar-refractivity contribution in [3.8, 4) is 0 Å². The van der Waals surface area contributed by atoms with Crippen LogP contribution in [-0.2, 0) is 0 Å². The summed E-state index contributed by atoms with van der Waals surface area (Å²) in [4.78, 5) is 16.7. The summed E-state index contributed by atoms with van der Waals surface area (Å²) in [6.45, 7) is 4.95. The van der Waals surface area contributed by atoms with E-state index in [2.05, 4.69) is 20.2 Å². The Labute approximate surface area is 163 Å². The highest BCUT2D eigenvalue weighted by Crippen LogP contribution is 2.20. The van der Waals surface area contributed by atoms with Crippen LogP contribution in [0, 0.1) is 5.82 Å². The molecule has 0 bridgehead atoms. The summed E-state index contributed by atoms with van der Waals surface area (Å²) >= 11 is 0. The fourth-order valence-corrected chi connectivity index (χ4v) is 3.56. The molecule has 2 aromatic heterocycles. The molecule has 1 saturated heterocycles. The molecular formula is C21H24FN5O. The molecule has 1 aromatic carbocycles. The van der Waals surface area contributed by atoms with Gasteiger partial charge in [0.05, 0.1) is 11.2 Å². The first-order valence-corrected chi connectivity index (χ1v) is 9.65. The van der Waals surface area contributed by atoms with Gasteiger partial charge in [0.1, 0.15) is 5.82 Å². The number of anilines is 1. The zero-order valence-corrected chi connectivity index (χ0v) is 15.7. The molecule has 1 N–H and O–H groups in total. The fraction of sp³-hybridized carbons (Fsp3) is 0.333. The van der Waals surface area contributed by atoms with Gasteiger partial charge in [0.15, 0.2) is 5.69 Å². The Hall–Kier alpha value is -2.93. The Bertz CT molecular complexity index is 916. The highest BCUT2D eigenvalue weighted by molar-refractivity contribution is 5.93. The highest BCUT2D eigenvalue weighted by atomic mass is 19.1. The number of carbonyl (C=O) groups excluding carboxylic acids is 1. The Kier molecular flexibility index (Phi) is 5.53. The highest BCUT2D eigenvalue weighted by Gasteiger charge is 2.19. The number of carbonyl (C=O) groups is 1. The summed E-state index contributed by atoms with van der Waals surface area (Å²) < 4.78 is 15.6. The van der Waals surface area contributed by atoms with Crippen molar-refractivity contribution in [2.75, 3.05) is 44.2 Å². The van der Waals surface area contributed by atoms with Crippen LogP contribution in [0.3, 0.4) is 0 Å². The van der Waals surface area contributed by atoms with Crippen molar-refractivity contribution in [1.82, 2.24) is 19.8 Å². The Morgan fingerprint density at radius 1 is 1.07 bits per heavy atom. The second-order valence-electron chi connectivity index (χ2n) is 6.99. The van der Waals surface area contributed by atoms with Gasteiger partial charge in [0.25, 0.3) is 5.91 Å². The average Bonchev–Trinajstić information content (AvgIpc) is 3.16. The van der Waals surface area contributed by atoms with Crippen LogP contribution in [0.2, 0.25) is 0 Å². The molecule has 0 aliphatic carbocycles. The third kappa shape index (κ3) is 4.14. The number of amides is 1. The van der Waals surface area contributed by atoms with Gasteiger partial charge in [-0.2, -0.15) is 5.10 Å². The second kappa shape index (κ2) is 8.39. The summed E-state index contributed by atoms with van der Waals surface area (Å²) in [6, 6.07) is 14.4. The summed E-state index contributed by atoms with van der Waals surface area (Å²) in [5, 5.41) is 7.22. The monoisotopic (exact) mass is 381 g/mol. The van der Waals surface area contributed by atoms with Gasteiger partial charge in [-0.25, -0.2) is 8.91 Å². The van der Waals surface area contributed by atoms with Gasteiger partial charge in [-0.3, -0.25) is 9.69 Å². The SMILES string of the molecule is O=C(NCCCN1CCN(c2ccccc2F)CC1)c1cc2ccccn2n1. The molecule has 6 nitrogen and oxygen atoms in total.